The summed E-state index contributed by atoms with van der Waals surface area (Å²) in [5, 5.41) is 0. The molecule has 5 heteroatoms. The Morgan fingerprint density at radius 3 is 2.31 bits per heavy atom. The Hall–Kier alpha value is -1.13. The maximum atomic E-state index is 12.4. The van der Waals surface area contributed by atoms with Crippen LogP contribution in [-0.4, -0.2) is 13.6 Å². The van der Waals surface area contributed by atoms with E-state index < -0.39 is 12.4 Å². The molecule has 0 saturated carbocycles. The van der Waals surface area contributed by atoms with Crippen LogP contribution in [0, 0.1) is 12.8 Å². The van der Waals surface area contributed by atoms with Crippen molar-refractivity contribution < 1.29 is 17.7 Å². The number of aryl methyl sites for hydroxylation is 1. The number of ether oxygens (including phenoxy) is 1. The second-order valence-electron chi connectivity index (χ2n) is 4.30. The van der Waals surface area contributed by atoms with E-state index in [-0.39, 0.29) is 0 Å². The van der Waals surface area contributed by atoms with E-state index in [2.05, 4.69) is 0 Å². The normalized spacial score (nSPS) is 11.9. The molecule has 0 saturated heterocycles. The highest BCUT2D eigenvalue weighted by atomic mass is 19.4. The minimum atomic E-state index is -4.92. The number of benzene rings is 1. The lowest BCUT2D eigenvalue weighted by Crippen LogP contribution is -2.34. The van der Waals surface area contributed by atoms with Crippen LogP contribution in [0.25, 0.3) is 0 Å². The van der Waals surface area contributed by atoms with E-state index in [9.17, 15) is 12.9 Å². The molecule has 0 unspecified atom stereocenters. The minimum Gasteiger partial charge on any atom is -0.493 e. The molecule has 0 aliphatic rings. The largest absolute Gasteiger partial charge is 0.509 e. The van der Waals surface area contributed by atoms with E-state index in [1.165, 1.54) is 6.07 Å². The van der Waals surface area contributed by atoms with Gasteiger partial charge in [0.05, 0.1) is 6.61 Å². The molecule has 16 heavy (non-hydrogen) atoms. The molecule has 0 radical (unpaired) electrons. The molecule has 0 atom stereocenters. The van der Waals surface area contributed by atoms with Crippen molar-refractivity contribution in [1.29, 1.82) is 0 Å². The fraction of sp³-hybridized carbons (Fsp3) is 0.455. The minimum absolute atomic E-state index is 0.353. The molecule has 0 bridgehead atoms. The molecule has 0 aliphatic heterocycles. The Bertz CT molecular complexity index is 361. The first-order valence-corrected chi connectivity index (χ1v) is 5.24. The van der Waals surface area contributed by atoms with Crippen LogP contribution in [0.5, 0.6) is 5.75 Å². The summed E-state index contributed by atoms with van der Waals surface area (Å²) < 4.78 is 42.7. The highest BCUT2D eigenvalue weighted by Crippen LogP contribution is 2.19. The van der Waals surface area contributed by atoms with Gasteiger partial charge >= 0.3 is 6.98 Å². The van der Waals surface area contributed by atoms with Gasteiger partial charge in [0, 0.05) is 0 Å². The van der Waals surface area contributed by atoms with Crippen molar-refractivity contribution in [2.45, 2.75) is 20.8 Å². The van der Waals surface area contributed by atoms with Gasteiger partial charge in [0.2, 0.25) is 0 Å². The Labute approximate surface area is 93.7 Å². The average Bonchev–Trinajstić information content (AvgIpc) is 2.14. The SMILES string of the molecule is Cc1cc([B-](F)(F)F)ccc1OCC(C)C. The first-order chi connectivity index (χ1) is 7.30. The van der Waals surface area contributed by atoms with Gasteiger partial charge in [-0.25, -0.2) is 0 Å². The average molecular weight is 231 g/mol. The fourth-order valence-electron chi connectivity index (χ4n) is 1.29. The highest BCUT2D eigenvalue weighted by molar-refractivity contribution is 6.73. The number of hydrogen-bond donors (Lipinski definition) is 0. The van der Waals surface area contributed by atoms with Crippen LogP contribution in [0.3, 0.4) is 0 Å². The van der Waals surface area contributed by atoms with E-state index in [0.717, 1.165) is 12.1 Å². The highest BCUT2D eigenvalue weighted by Gasteiger charge is 2.25. The molecule has 1 nitrogen and oxygen atoms in total. The molecule has 0 aromatic heterocycles. The molecule has 0 spiro atoms. The van der Waals surface area contributed by atoms with E-state index in [1.807, 2.05) is 13.8 Å². The second-order valence-corrected chi connectivity index (χ2v) is 4.30. The van der Waals surface area contributed by atoms with Crippen LogP contribution in [0.4, 0.5) is 12.9 Å². The Balaban J connectivity index is 2.84. The maximum absolute atomic E-state index is 12.4. The summed E-state index contributed by atoms with van der Waals surface area (Å²) in [6.45, 7) is 1.20. The van der Waals surface area contributed by atoms with E-state index in [4.69, 9.17) is 4.74 Å². The van der Waals surface area contributed by atoms with Crippen LogP contribution < -0.4 is 10.2 Å². The van der Waals surface area contributed by atoms with Crippen LogP contribution in [0.15, 0.2) is 18.2 Å². The molecule has 1 aromatic carbocycles. The zero-order valence-corrected chi connectivity index (χ0v) is 9.64. The van der Waals surface area contributed by atoms with Gasteiger partial charge in [0.25, 0.3) is 0 Å². The van der Waals surface area contributed by atoms with Gasteiger partial charge in [0.15, 0.2) is 0 Å². The number of rotatable bonds is 4. The van der Waals surface area contributed by atoms with Gasteiger partial charge in [0.1, 0.15) is 5.75 Å². The molecule has 0 amide bonds. The number of halogens is 3. The smallest absolute Gasteiger partial charge is 0.493 e. The maximum Gasteiger partial charge on any atom is 0.509 e. The standard InChI is InChI=1S/C11H15BF3O/c1-8(2)7-16-11-5-4-10(6-9(11)3)12(13,14)15/h4-6,8H,7H2,1-3H3/q-1. The third kappa shape index (κ3) is 3.47. The first kappa shape index (κ1) is 12.9. The molecular formula is C11H15BF3O-. The van der Waals surface area contributed by atoms with Crippen molar-refractivity contribution in [3.8, 4) is 5.75 Å². The van der Waals surface area contributed by atoms with Crippen molar-refractivity contribution in [2.75, 3.05) is 6.61 Å². The summed E-state index contributed by atoms with van der Waals surface area (Å²) in [6, 6.07) is 3.60. The predicted molar refractivity (Wildman–Crippen MR) is 60.2 cm³/mol. The molecule has 0 fully saturated rings. The Morgan fingerprint density at radius 2 is 1.88 bits per heavy atom. The summed E-state index contributed by atoms with van der Waals surface area (Å²) >= 11 is 0. The molecule has 0 aliphatic carbocycles. The molecular weight excluding hydrogens is 216 g/mol. The Kier molecular flexibility index (Phi) is 3.89. The third-order valence-electron chi connectivity index (χ3n) is 2.15. The lowest BCUT2D eigenvalue weighted by Gasteiger charge is -2.17. The quantitative estimate of drug-likeness (QED) is 0.723. The zero-order valence-electron chi connectivity index (χ0n) is 9.64. The lowest BCUT2D eigenvalue weighted by molar-refractivity contribution is 0.269. The van der Waals surface area contributed by atoms with Crippen molar-refractivity contribution in [3.05, 3.63) is 23.8 Å². The number of hydrogen-bond acceptors (Lipinski definition) is 1. The van der Waals surface area contributed by atoms with E-state index in [0.29, 0.717) is 23.8 Å². The van der Waals surface area contributed by atoms with E-state index >= 15 is 0 Å². The molecule has 1 rings (SSSR count). The first-order valence-electron chi connectivity index (χ1n) is 5.24. The monoisotopic (exact) mass is 231 g/mol. The molecule has 90 valence electrons. The van der Waals surface area contributed by atoms with Crippen molar-refractivity contribution >= 4 is 12.4 Å². The van der Waals surface area contributed by atoms with Crippen LogP contribution in [-0.2, 0) is 0 Å². The third-order valence-corrected chi connectivity index (χ3v) is 2.15. The summed E-state index contributed by atoms with van der Waals surface area (Å²) in [4.78, 5) is 0. The van der Waals surface area contributed by atoms with Gasteiger partial charge in [-0.05, 0) is 24.5 Å². The van der Waals surface area contributed by atoms with Crippen LogP contribution in [0.2, 0.25) is 0 Å². The molecule has 1 aromatic rings. The van der Waals surface area contributed by atoms with Gasteiger partial charge in [-0.3, -0.25) is 0 Å². The second kappa shape index (κ2) is 4.81. The predicted octanol–water partition coefficient (Wildman–Crippen LogP) is 3.08. The van der Waals surface area contributed by atoms with Gasteiger partial charge in [-0.2, -0.15) is 0 Å². The van der Waals surface area contributed by atoms with E-state index in [1.54, 1.807) is 6.92 Å². The van der Waals surface area contributed by atoms with Crippen LogP contribution in [0.1, 0.15) is 19.4 Å². The summed E-state index contributed by atoms with van der Waals surface area (Å²) in [5.41, 5.74) is -0.0493. The van der Waals surface area contributed by atoms with Crippen molar-refractivity contribution in [3.63, 3.8) is 0 Å². The molecule has 0 N–H and O–H groups in total. The van der Waals surface area contributed by atoms with Gasteiger partial charge < -0.3 is 17.7 Å². The zero-order chi connectivity index (χ0) is 12.3. The summed E-state index contributed by atoms with van der Waals surface area (Å²) in [7, 11) is 0. The Morgan fingerprint density at radius 1 is 1.25 bits per heavy atom. The fourth-order valence-corrected chi connectivity index (χ4v) is 1.29. The summed E-state index contributed by atoms with van der Waals surface area (Å²) in [6.07, 6.45) is 0. The van der Waals surface area contributed by atoms with Gasteiger partial charge in [-0.1, -0.05) is 26.0 Å². The lowest BCUT2D eigenvalue weighted by atomic mass is 9.79. The topological polar surface area (TPSA) is 9.23 Å². The molecule has 0 heterocycles. The van der Waals surface area contributed by atoms with Crippen molar-refractivity contribution in [2.24, 2.45) is 5.92 Å². The summed E-state index contributed by atoms with van der Waals surface area (Å²) in [5.74, 6) is 0.878. The van der Waals surface area contributed by atoms with Gasteiger partial charge in [-0.15, -0.1) is 5.46 Å². The van der Waals surface area contributed by atoms with Crippen LogP contribution >= 0.6 is 0 Å². The van der Waals surface area contributed by atoms with Crippen molar-refractivity contribution in [1.82, 2.24) is 0 Å².